The number of nitrogens with zero attached hydrogens (tertiary/aromatic N) is 1. The highest BCUT2D eigenvalue weighted by Gasteiger charge is 1.93. The number of H-pyrrole nitrogens is 1. The van der Waals surface area contributed by atoms with Gasteiger partial charge in [-0.3, -0.25) is 4.98 Å². The predicted molar refractivity (Wildman–Crippen MR) is 80.0 cm³/mol. The van der Waals surface area contributed by atoms with Crippen LogP contribution in [0.4, 0.5) is 4.39 Å². The van der Waals surface area contributed by atoms with E-state index in [2.05, 4.69) is 22.1 Å². The number of hydrogen-bond donors (Lipinski definition) is 1. The molecule has 0 unspecified atom stereocenters. The van der Waals surface area contributed by atoms with Gasteiger partial charge in [-0.2, -0.15) is 0 Å². The standard InChI is InChI=1S/C9H7N.C8H6FN/c1-2-6-9-8(4-1)5-3-7-10-9;9-7-2-1-6-3-4-10-8(6)5-7/h1-7H;1-5,10H. The fraction of sp³-hybridized carbons (Fsp3) is 0. The van der Waals surface area contributed by atoms with Crippen LogP contribution in [-0.2, 0) is 0 Å². The van der Waals surface area contributed by atoms with Gasteiger partial charge in [-0.25, -0.2) is 4.39 Å². The van der Waals surface area contributed by atoms with Crippen LogP contribution in [0.15, 0.2) is 73.1 Å². The van der Waals surface area contributed by atoms with E-state index in [1.54, 1.807) is 12.3 Å². The minimum absolute atomic E-state index is 0.199. The minimum atomic E-state index is -0.199. The molecule has 2 nitrogen and oxygen atoms in total. The van der Waals surface area contributed by atoms with E-state index in [1.807, 2.05) is 36.5 Å². The molecule has 0 saturated carbocycles. The Labute approximate surface area is 115 Å². The molecule has 0 fully saturated rings. The van der Waals surface area contributed by atoms with Gasteiger partial charge in [0.1, 0.15) is 5.82 Å². The summed E-state index contributed by atoms with van der Waals surface area (Å²) in [7, 11) is 0. The molecular formula is C17H13FN2. The van der Waals surface area contributed by atoms with E-state index >= 15 is 0 Å². The predicted octanol–water partition coefficient (Wildman–Crippen LogP) is 4.54. The Hall–Kier alpha value is -2.68. The van der Waals surface area contributed by atoms with Crippen molar-refractivity contribution in [1.29, 1.82) is 0 Å². The van der Waals surface area contributed by atoms with Crippen LogP contribution in [0.1, 0.15) is 0 Å². The molecule has 0 bridgehead atoms. The number of halogens is 1. The van der Waals surface area contributed by atoms with Crippen molar-refractivity contribution in [3.63, 3.8) is 0 Å². The molecule has 0 atom stereocenters. The lowest BCUT2D eigenvalue weighted by atomic mass is 10.2. The maximum Gasteiger partial charge on any atom is 0.125 e. The van der Waals surface area contributed by atoms with Crippen molar-refractivity contribution in [1.82, 2.24) is 9.97 Å². The second kappa shape index (κ2) is 5.53. The van der Waals surface area contributed by atoms with Crippen molar-refractivity contribution in [2.45, 2.75) is 0 Å². The number of aromatic nitrogens is 2. The molecule has 0 radical (unpaired) electrons. The van der Waals surface area contributed by atoms with Gasteiger partial charge in [0.05, 0.1) is 5.52 Å². The first-order valence-corrected chi connectivity index (χ1v) is 6.35. The van der Waals surface area contributed by atoms with E-state index in [0.29, 0.717) is 0 Å². The molecule has 4 rings (SSSR count). The van der Waals surface area contributed by atoms with Crippen LogP contribution in [0.3, 0.4) is 0 Å². The van der Waals surface area contributed by atoms with E-state index in [4.69, 9.17) is 0 Å². The zero-order valence-electron chi connectivity index (χ0n) is 10.8. The number of aromatic amines is 1. The number of hydrogen-bond acceptors (Lipinski definition) is 1. The van der Waals surface area contributed by atoms with Crippen molar-refractivity contribution in [2.24, 2.45) is 0 Å². The maximum absolute atomic E-state index is 12.5. The largest absolute Gasteiger partial charge is 0.361 e. The molecule has 0 aliphatic heterocycles. The summed E-state index contributed by atoms with van der Waals surface area (Å²) in [5.41, 5.74) is 1.91. The third kappa shape index (κ3) is 2.67. The molecule has 2 aromatic carbocycles. The van der Waals surface area contributed by atoms with Gasteiger partial charge in [0.2, 0.25) is 0 Å². The molecule has 0 aliphatic rings. The van der Waals surface area contributed by atoms with E-state index in [9.17, 15) is 4.39 Å². The first-order chi connectivity index (χ1) is 9.83. The number of nitrogens with one attached hydrogen (secondary N) is 1. The first kappa shape index (κ1) is 12.4. The average molecular weight is 264 g/mol. The molecule has 20 heavy (non-hydrogen) atoms. The summed E-state index contributed by atoms with van der Waals surface area (Å²) in [5, 5.41) is 2.24. The number of pyridine rings is 1. The molecular weight excluding hydrogens is 251 g/mol. The lowest BCUT2D eigenvalue weighted by Gasteiger charge is -1.91. The van der Waals surface area contributed by atoms with Gasteiger partial charge in [-0.1, -0.05) is 24.3 Å². The summed E-state index contributed by atoms with van der Waals surface area (Å²) in [6.07, 6.45) is 3.60. The molecule has 1 N–H and O–H groups in total. The highest BCUT2D eigenvalue weighted by Crippen LogP contribution is 2.12. The Morgan fingerprint density at radius 1 is 0.850 bits per heavy atom. The molecule has 0 aliphatic carbocycles. The van der Waals surface area contributed by atoms with Crippen LogP contribution >= 0.6 is 0 Å². The Balaban J connectivity index is 0.000000121. The third-order valence-corrected chi connectivity index (χ3v) is 3.03. The summed E-state index contributed by atoms with van der Waals surface area (Å²) in [6, 6.07) is 18.7. The van der Waals surface area contributed by atoms with Crippen LogP contribution in [-0.4, -0.2) is 9.97 Å². The first-order valence-electron chi connectivity index (χ1n) is 6.35. The topological polar surface area (TPSA) is 28.7 Å². The Morgan fingerprint density at radius 2 is 1.70 bits per heavy atom. The van der Waals surface area contributed by atoms with Gasteiger partial charge in [0, 0.05) is 23.3 Å². The van der Waals surface area contributed by atoms with Crippen molar-refractivity contribution in [3.8, 4) is 0 Å². The summed E-state index contributed by atoms with van der Waals surface area (Å²) in [6.45, 7) is 0. The number of rotatable bonds is 0. The number of fused-ring (bicyclic) bond motifs is 2. The molecule has 0 saturated heterocycles. The lowest BCUT2D eigenvalue weighted by Crippen LogP contribution is -1.73. The zero-order chi connectivity index (χ0) is 13.8. The number of benzene rings is 2. The van der Waals surface area contributed by atoms with Gasteiger partial charge in [0.25, 0.3) is 0 Å². The fourth-order valence-electron chi connectivity index (χ4n) is 2.04. The maximum atomic E-state index is 12.5. The molecule has 2 aromatic heterocycles. The van der Waals surface area contributed by atoms with Crippen LogP contribution in [0.2, 0.25) is 0 Å². The fourth-order valence-corrected chi connectivity index (χ4v) is 2.04. The summed E-state index contributed by atoms with van der Waals surface area (Å²) in [5.74, 6) is -0.199. The van der Waals surface area contributed by atoms with Crippen molar-refractivity contribution < 1.29 is 4.39 Å². The zero-order valence-corrected chi connectivity index (χ0v) is 10.8. The quantitative estimate of drug-likeness (QED) is 0.496. The van der Waals surface area contributed by atoms with Crippen molar-refractivity contribution >= 4 is 21.8 Å². The molecule has 4 aromatic rings. The lowest BCUT2D eigenvalue weighted by molar-refractivity contribution is 0.629. The van der Waals surface area contributed by atoms with Gasteiger partial charge in [-0.05, 0) is 41.8 Å². The Bertz CT molecular complexity index is 771. The normalized spacial score (nSPS) is 10.2. The van der Waals surface area contributed by atoms with E-state index in [-0.39, 0.29) is 5.82 Å². The van der Waals surface area contributed by atoms with Crippen LogP contribution in [0, 0.1) is 5.82 Å². The van der Waals surface area contributed by atoms with E-state index in [0.717, 1.165) is 16.4 Å². The molecule has 0 amide bonds. The second-order valence-corrected chi connectivity index (χ2v) is 4.41. The molecule has 98 valence electrons. The van der Waals surface area contributed by atoms with Crippen LogP contribution in [0.25, 0.3) is 21.8 Å². The monoisotopic (exact) mass is 264 g/mol. The molecule has 2 heterocycles. The van der Waals surface area contributed by atoms with E-state index < -0.39 is 0 Å². The highest BCUT2D eigenvalue weighted by atomic mass is 19.1. The number of para-hydroxylation sites is 1. The van der Waals surface area contributed by atoms with Crippen molar-refractivity contribution in [2.75, 3.05) is 0 Å². The SMILES string of the molecule is Fc1ccc2cc[nH]c2c1.c1ccc2ncccc2c1. The Morgan fingerprint density at radius 3 is 2.60 bits per heavy atom. The van der Waals surface area contributed by atoms with Gasteiger partial charge < -0.3 is 4.98 Å². The van der Waals surface area contributed by atoms with Gasteiger partial charge in [0.15, 0.2) is 0 Å². The highest BCUT2D eigenvalue weighted by molar-refractivity contribution is 5.79. The van der Waals surface area contributed by atoms with Gasteiger partial charge in [-0.15, -0.1) is 0 Å². The smallest absolute Gasteiger partial charge is 0.125 e. The summed E-state index contributed by atoms with van der Waals surface area (Å²) < 4.78 is 12.5. The van der Waals surface area contributed by atoms with Gasteiger partial charge >= 0.3 is 0 Å². The van der Waals surface area contributed by atoms with Crippen LogP contribution in [0.5, 0.6) is 0 Å². The summed E-state index contributed by atoms with van der Waals surface area (Å²) in [4.78, 5) is 7.10. The molecule has 0 spiro atoms. The Kier molecular flexibility index (Phi) is 3.42. The minimum Gasteiger partial charge on any atom is -0.361 e. The van der Waals surface area contributed by atoms with E-state index in [1.165, 1.54) is 17.5 Å². The summed E-state index contributed by atoms with van der Waals surface area (Å²) >= 11 is 0. The van der Waals surface area contributed by atoms with Crippen molar-refractivity contribution in [3.05, 3.63) is 78.9 Å². The third-order valence-electron chi connectivity index (χ3n) is 3.03. The van der Waals surface area contributed by atoms with Crippen LogP contribution < -0.4 is 0 Å². The average Bonchev–Trinajstić information content (AvgIpc) is 2.95. The second-order valence-electron chi connectivity index (χ2n) is 4.41. The molecule has 3 heteroatoms.